The average molecular weight is 182 g/mol. The van der Waals surface area contributed by atoms with Crippen LogP contribution in [0.25, 0.3) is 0 Å². The second-order valence-corrected chi connectivity index (χ2v) is 5.12. The Morgan fingerprint density at radius 1 is 1.45 bits per heavy atom. The standard InChI is InChI=1S/C6H15O4P/c1-5-6(2,7)11(8,9-3)10-4/h7H,5H2,1-4H3/t6-/m1/s1. The first kappa shape index (κ1) is 11.1. The third-order valence-corrected chi connectivity index (χ3v) is 4.20. The minimum atomic E-state index is -3.33. The maximum absolute atomic E-state index is 11.5. The Kier molecular flexibility index (Phi) is 3.71. The minimum absolute atomic E-state index is 0.325. The van der Waals surface area contributed by atoms with Crippen molar-refractivity contribution in [1.82, 2.24) is 0 Å². The van der Waals surface area contributed by atoms with E-state index in [0.29, 0.717) is 6.42 Å². The first-order chi connectivity index (χ1) is 4.93. The van der Waals surface area contributed by atoms with Crippen LogP contribution in [0.5, 0.6) is 0 Å². The van der Waals surface area contributed by atoms with Gasteiger partial charge in [0.1, 0.15) is 0 Å². The summed E-state index contributed by atoms with van der Waals surface area (Å²) in [5.74, 6) is 0. The highest BCUT2D eigenvalue weighted by Gasteiger charge is 2.42. The molecule has 0 radical (unpaired) electrons. The number of rotatable bonds is 4. The molecule has 0 bridgehead atoms. The Morgan fingerprint density at radius 2 is 1.82 bits per heavy atom. The second-order valence-electron chi connectivity index (χ2n) is 2.43. The molecule has 0 rings (SSSR count). The van der Waals surface area contributed by atoms with Crippen LogP contribution in [0.4, 0.5) is 0 Å². The zero-order valence-corrected chi connectivity index (χ0v) is 8.22. The van der Waals surface area contributed by atoms with Crippen LogP contribution in [0.2, 0.25) is 0 Å². The van der Waals surface area contributed by atoms with Crippen LogP contribution in [-0.2, 0) is 13.6 Å². The lowest BCUT2D eigenvalue weighted by molar-refractivity contribution is 0.0910. The van der Waals surface area contributed by atoms with Gasteiger partial charge < -0.3 is 14.2 Å². The van der Waals surface area contributed by atoms with Gasteiger partial charge in [0, 0.05) is 14.2 Å². The molecule has 1 N–H and O–H groups in total. The lowest BCUT2D eigenvalue weighted by Crippen LogP contribution is -2.24. The van der Waals surface area contributed by atoms with E-state index in [0.717, 1.165) is 0 Å². The second kappa shape index (κ2) is 3.68. The average Bonchev–Trinajstić information content (AvgIpc) is 2.02. The molecule has 0 saturated heterocycles. The number of hydrogen-bond acceptors (Lipinski definition) is 4. The highest BCUT2D eigenvalue weighted by atomic mass is 31.2. The van der Waals surface area contributed by atoms with Gasteiger partial charge in [-0.05, 0) is 13.3 Å². The molecular formula is C6H15O4P. The van der Waals surface area contributed by atoms with Crippen molar-refractivity contribution in [1.29, 1.82) is 0 Å². The van der Waals surface area contributed by atoms with Crippen molar-refractivity contribution in [3.05, 3.63) is 0 Å². The molecule has 0 unspecified atom stereocenters. The molecule has 0 aliphatic rings. The molecule has 5 heteroatoms. The molecule has 0 aliphatic heterocycles. The van der Waals surface area contributed by atoms with E-state index in [1.54, 1.807) is 6.92 Å². The number of hydrogen-bond donors (Lipinski definition) is 1. The van der Waals surface area contributed by atoms with E-state index >= 15 is 0 Å². The molecule has 0 aromatic heterocycles. The summed E-state index contributed by atoms with van der Waals surface area (Å²) in [7, 11) is -0.812. The van der Waals surface area contributed by atoms with Crippen LogP contribution in [0.3, 0.4) is 0 Å². The Morgan fingerprint density at radius 3 is 1.91 bits per heavy atom. The van der Waals surface area contributed by atoms with Crippen molar-refractivity contribution in [3.63, 3.8) is 0 Å². The molecule has 11 heavy (non-hydrogen) atoms. The maximum atomic E-state index is 11.5. The van der Waals surface area contributed by atoms with Crippen molar-refractivity contribution in [2.45, 2.75) is 25.6 Å². The summed E-state index contributed by atoms with van der Waals surface area (Å²) < 4.78 is 20.8. The lowest BCUT2D eigenvalue weighted by Gasteiger charge is -2.28. The van der Waals surface area contributed by atoms with Crippen LogP contribution in [0.15, 0.2) is 0 Å². The SMILES string of the molecule is CC[C@](C)(O)P(=O)(OC)OC. The molecule has 0 spiro atoms. The van der Waals surface area contributed by atoms with Crippen molar-refractivity contribution in [3.8, 4) is 0 Å². The van der Waals surface area contributed by atoms with Crippen molar-refractivity contribution in [2.24, 2.45) is 0 Å². The Labute approximate surface area is 67.0 Å². The molecule has 0 amide bonds. The number of aliphatic hydroxyl groups is 1. The molecular weight excluding hydrogens is 167 g/mol. The first-order valence-electron chi connectivity index (χ1n) is 3.37. The fraction of sp³-hybridized carbons (Fsp3) is 1.00. The molecule has 0 aromatic rings. The van der Waals surface area contributed by atoms with Gasteiger partial charge in [-0.3, -0.25) is 4.57 Å². The lowest BCUT2D eigenvalue weighted by atomic mass is 10.3. The summed E-state index contributed by atoms with van der Waals surface area (Å²) >= 11 is 0. The molecule has 1 atom stereocenters. The van der Waals surface area contributed by atoms with E-state index < -0.39 is 12.9 Å². The van der Waals surface area contributed by atoms with E-state index in [1.807, 2.05) is 0 Å². The summed E-state index contributed by atoms with van der Waals surface area (Å²) in [6, 6.07) is 0. The van der Waals surface area contributed by atoms with Gasteiger partial charge in [-0.15, -0.1) is 0 Å². The van der Waals surface area contributed by atoms with Crippen molar-refractivity contribution < 1.29 is 18.7 Å². The van der Waals surface area contributed by atoms with Gasteiger partial charge in [0.25, 0.3) is 0 Å². The van der Waals surface area contributed by atoms with Crippen LogP contribution < -0.4 is 0 Å². The highest BCUT2D eigenvalue weighted by Crippen LogP contribution is 2.58. The van der Waals surface area contributed by atoms with Gasteiger partial charge in [0.05, 0.1) is 0 Å². The highest BCUT2D eigenvalue weighted by molar-refractivity contribution is 7.55. The van der Waals surface area contributed by atoms with Gasteiger partial charge >= 0.3 is 7.60 Å². The summed E-state index contributed by atoms with van der Waals surface area (Å²) in [6.07, 6.45) is 0.325. The normalized spacial score (nSPS) is 17.9. The summed E-state index contributed by atoms with van der Waals surface area (Å²) in [5, 5.41) is 8.14. The molecule has 68 valence electrons. The smallest absolute Gasteiger partial charge is 0.361 e. The van der Waals surface area contributed by atoms with E-state index in [4.69, 9.17) is 0 Å². The van der Waals surface area contributed by atoms with Gasteiger partial charge in [-0.2, -0.15) is 0 Å². The van der Waals surface area contributed by atoms with Gasteiger partial charge in [0.15, 0.2) is 5.34 Å². The largest absolute Gasteiger partial charge is 0.378 e. The van der Waals surface area contributed by atoms with Crippen LogP contribution in [0.1, 0.15) is 20.3 Å². The van der Waals surface area contributed by atoms with E-state index in [9.17, 15) is 9.67 Å². The van der Waals surface area contributed by atoms with Gasteiger partial charge in [0.2, 0.25) is 0 Å². The monoisotopic (exact) mass is 182 g/mol. The molecule has 0 heterocycles. The third kappa shape index (κ3) is 2.03. The van der Waals surface area contributed by atoms with Crippen LogP contribution in [0, 0.1) is 0 Å². The van der Waals surface area contributed by atoms with E-state index in [-0.39, 0.29) is 0 Å². The Hall–Kier alpha value is 0.110. The van der Waals surface area contributed by atoms with Crippen molar-refractivity contribution in [2.75, 3.05) is 14.2 Å². The zero-order valence-electron chi connectivity index (χ0n) is 7.33. The van der Waals surface area contributed by atoms with Gasteiger partial charge in [-0.25, -0.2) is 0 Å². The first-order valence-corrected chi connectivity index (χ1v) is 4.91. The maximum Gasteiger partial charge on any atom is 0.361 e. The quantitative estimate of drug-likeness (QED) is 0.671. The predicted octanol–water partition coefficient (Wildman–Crippen LogP) is 1.59. The summed E-state index contributed by atoms with van der Waals surface area (Å²) in [5.41, 5.74) is 0. The molecule has 0 fully saturated rings. The van der Waals surface area contributed by atoms with E-state index in [2.05, 4.69) is 9.05 Å². The topological polar surface area (TPSA) is 55.8 Å². The van der Waals surface area contributed by atoms with Crippen molar-refractivity contribution >= 4 is 7.60 Å². The summed E-state index contributed by atoms with van der Waals surface area (Å²) in [6.45, 7) is 3.14. The predicted molar refractivity (Wildman–Crippen MR) is 42.5 cm³/mol. The van der Waals surface area contributed by atoms with Crippen LogP contribution in [-0.4, -0.2) is 24.7 Å². The molecule has 4 nitrogen and oxygen atoms in total. The third-order valence-electron chi connectivity index (χ3n) is 1.74. The molecule has 0 saturated carbocycles. The Balaban J connectivity index is 4.63. The summed E-state index contributed by atoms with van der Waals surface area (Å²) in [4.78, 5) is 0. The fourth-order valence-corrected chi connectivity index (χ4v) is 1.98. The zero-order chi connectivity index (χ0) is 9.12. The van der Waals surface area contributed by atoms with E-state index in [1.165, 1.54) is 21.1 Å². The van der Waals surface area contributed by atoms with Gasteiger partial charge in [-0.1, -0.05) is 6.92 Å². The molecule has 0 aromatic carbocycles. The van der Waals surface area contributed by atoms with Crippen LogP contribution >= 0.6 is 7.60 Å². The Bertz CT molecular complexity index is 158. The molecule has 0 aliphatic carbocycles. The fourth-order valence-electron chi connectivity index (χ4n) is 0.662. The minimum Gasteiger partial charge on any atom is -0.378 e.